The molecule has 0 aromatic heterocycles. The van der Waals surface area contributed by atoms with Crippen molar-refractivity contribution in [2.24, 2.45) is 0 Å². The summed E-state index contributed by atoms with van der Waals surface area (Å²) in [6, 6.07) is 13.5. The lowest BCUT2D eigenvalue weighted by atomic mass is 10.2. The number of rotatable bonds is 2. The van der Waals surface area contributed by atoms with E-state index < -0.39 is 5.82 Å². The number of halogens is 2. The molecule has 1 saturated heterocycles. The minimum absolute atomic E-state index is 0.143. The van der Waals surface area contributed by atoms with Gasteiger partial charge in [0.25, 0.3) is 5.91 Å². The van der Waals surface area contributed by atoms with Crippen LogP contribution in [0.5, 0.6) is 0 Å². The van der Waals surface area contributed by atoms with Crippen LogP contribution in [0.4, 0.5) is 10.1 Å². The minimum atomic E-state index is -0.495. The quantitative estimate of drug-likeness (QED) is 0.638. The number of amides is 1. The first kappa shape index (κ1) is 14.9. The monoisotopic (exact) mass is 376 g/mol. The summed E-state index contributed by atoms with van der Waals surface area (Å²) in [4.78, 5) is 13.6. The van der Waals surface area contributed by atoms with Gasteiger partial charge in [-0.1, -0.05) is 40.2 Å². The first-order chi connectivity index (χ1) is 10.6. The van der Waals surface area contributed by atoms with Crippen LogP contribution in [-0.2, 0) is 4.79 Å². The zero-order chi connectivity index (χ0) is 15.7. The van der Waals surface area contributed by atoms with Gasteiger partial charge >= 0.3 is 0 Å². The lowest BCUT2D eigenvalue weighted by Crippen LogP contribution is -2.31. The molecule has 1 amide bonds. The summed E-state index contributed by atoms with van der Waals surface area (Å²) in [5.74, 6) is -0.872. The Morgan fingerprint density at radius 1 is 1.14 bits per heavy atom. The number of anilines is 1. The van der Waals surface area contributed by atoms with E-state index >= 15 is 0 Å². The van der Waals surface area contributed by atoms with Crippen LogP contribution in [0.3, 0.4) is 0 Å². The van der Waals surface area contributed by atoms with Crippen molar-refractivity contribution in [1.82, 2.24) is 5.32 Å². The van der Waals surface area contributed by atoms with Gasteiger partial charge in [-0.2, -0.15) is 0 Å². The van der Waals surface area contributed by atoms with Crippen molar-refractivity contribution in [3.63, 3.8) is 0 Å². The molecule has 1 aliphatic heterocycles. The predicted molar refractivity (Wildman–Crippen MR) is 91.7 cm³/mol. The minimum Gasteiger partial charge on any atom is -0.327 e. The Labute approximate surface area is 140 Å². The molecule has 0 atom stereocenters. The number of thiocarbonyl (C=S) groups is 1. The van der Waals surface area contributed by atoms with Crippen molar-refractivity contribution in [2.45, 2.75) is 0 Å². The third-order valence-electron chi connectivity index (χ3n) is 3.15. The van der Waals surface area contributed by atoms with Crippen molar-refractivity contribution in [3.05, 3.63) is 70.1 Å². The summed E-state index contributed by atoms with van der Waals surface area (Å²) >= 11 is 8.51. The van der Waals surface area contributed by atoms with E-state index in [1.54, 1.807) is 18.2 Å². The lowest BCUT2D eigenvalue weighted by Gasteiger charge is -2.14. The van der Waals surface area contributed by atoms with Gasteiger partial charge in [-0.05, 0) is 48.1 Å². The first-order valence-electron chi connectivity index (χ1n) is 6.43. The third kappa shape index (κ3) is 2.80. The lowest BCUT2D eigenvalue weighted by molar-refractivity contribution is -0.113. The van der Waals surface area contributed by atoms with Gasteiger partial charge in [0.1, 0.15) is 11.5 Å². The molecule has 1 fully saturated rings. The maximum Gasteiger partial charge on any atom is 0.281 e. The molecule has 1 aliphatic rings. The highest BCUT2D eigenvalue weighted by Crippen LogP contribution is 2.25. The van der Waals surface area contributed by atoms with Gasteiger partial charge in [-0.25, -0.2) is 9.29 Å². The van der Waals surface area contributed by atoms with E-state index in [2.05, 4.69) is 21.2 Å². The molecule has 0 spiro atoms. The molecule has 0 bridgehead atoms. The number of para-hydroxylation sites is 1. The second-order valence-corrected chi connectivity index (χ2v) is 5.93. The Kier molecular flexibility index (Phi) is 4.04. The van der Waals surface area contributed by atoms with Crippen LogP contribution < -0.4 is 10.2 Å². The second kappa shape index (κ2) is 5.98. The molecule has 2 aromatic rings. The van der Waals surface area contributed by atoms with Gasteiger partial charge in [-0.15, -0.1) is 0 Å². The summed E-state index contributed by atoms with van der Waals surface area (Å²) in [6.45, 7) is 0. The number of nitrogens with one attached hydrogen (secondary N) is 1. The summed E-state index contributed by atoms with van der Waals surface area (Å²) in [6.07, 6.45) is 1.68. The van der Waals surface area contributed by atoms with Gasteiger partial charge in [0, 0.05) is 4.47 Å². The van der Waals surface area contributed by atoms with Gasteiger partial charge < -0.3 is 5.32 Å². The van der Waals surface area contributed by atoms with E-state index in [4.69, 9.17) is 12.2 Å². The van der Waals surface area contributed by atoms with Crippen molar-refractivity contribution in [1.29, 1.82) is 0 Å². The van der Waals surface area contributed by atoms with E-state index in [9.17, 15) is 9.18 Å². The average molecular weight is 377 g/mol. The van der Waals surface area contributed by atoms with E-state index in [1.807, 2.05) is 24.3 Å². The van der Waals surface area contributed by atoms with E-state index in [0.717, 1.165) is 14.9 Å². The molecule has 0 unspecified atom stereocenters. The third-order valence-corrected chi connectivity index (χ3v) is 3.97. The smallest absolute Gasteiger partial charge is 0.281 e. The van der Waals surface area contributed by atoms with Gasteiger partial charge in [0.05, 0.1) is 5.69 Å². The Balaban J connectivity index is 1.95. The molecule has 1 N–H and O–H groups in total. The summed E-state index contributed by atoms with van der Waals surface area (Å²) in [5, 5.41) is 3.00. The molecule has 3 nitrogen and oxygen atoms in total. The molecule has 110 valence electrons. The molecular formula is C16H10BrFN2OS. The van der Waals surface area contributed by atoms with Crippen molar-refractivity contribution in [2.75, 3.05) is 4.90 Å². The molecule has 1 heterocycles. The highest BCUT2D eigenvalue weighted by Gasteiger charge is 2.33. The number of benzene rings is 2. The first-order valence-corrected chi connectivity index (χ1v) is 7.63. The van der Waals surface area contributed by atoms with Crippen LogP contribution in [0, 0.1) is 5.82 Å². The summed E-state index contributed by atoms with van der Waals surface area (Å²) < 4.78 is 14.8. The van der Waals surface area contributed by atoms with E-state index in [1.165, 1.54) is 12.1 Å². The Morgan fingerprint density at radius 3 is 2.50 bits per heavy atom. The highest BCUT2D eigenvalue weighted by molar-refractivity contribution is 9.10. The van der Waals surface area contributed by atoms with Crippen LogP contribution in [0.15, 0.2) is 58.7 Å². The van der Waals surface area contributed by atoms with E-state index in [-0.39, 0.29) is 16.7 Å². The zero-order valence-electron chi connectivity index (χ0n) is 11.2. The molecule has 0 saturated carbocycles. The van der Waals surface area contributed by atoms with Crippen molar-refractivity contribution >= 4 is 50.9 Å². The molecule has 2 aromatic carbocycles. The average Bonchev–Trinajstić information content (AvgIpc) is 2.77. The normalized spacial score (nSPS) is 16.3. The van der Waals surface area contributed by atoms with Crippen molar-refractivity contribution in [3.8, 4) is 0 Å². The van der Waals surface area contributed by atoms with E-state index in [0.29, 0.717) is 5.70 Å². The maximum atomic E-state index is 13.9. The number of hydrogen-bond acceptors (Lipinski definition) is 2. The van der Waals surface area contributed by atoms with Crippen LogP contribution in [-0.4, -0.2) is 11.0 Å². The Bertz CT molecular complexity index is 789. The van der Waals surface area contributed by atoms with Crippen LogP contribution in [0.1, 0.15) is 5.56 Å². The second-order valence-electron chi connectivity index (χ2n) is 4.63. The van der Waals surface area contributed by atoms with Crippen LogP contribution in [0.25, 0.3) is 6.08 Å². The Hall–Kier alpha value is -2.05. The largest absolute Gasteiger partial charge is 0.327 e. The number of carbonyl (C=O) groups excluding carboxylic acids is 1. The number of hydrogen-bond donors (Lipinski definition) is 1. The van der Waals surface area contributed by atoms with Crippen molar-refractivity contribution < 1.29 is 9.18 Å². The fourth-order valence-electron chi connectivity index (χ4n) is 2.11. The zero-order valence-corrected chi connectivity index (χ0v) is 13.6. The molecular weight excluding hydrogens is 367 g/mol. The molecule has 3 rings (SSSR count). The maximum absolute atomic E-state index is 13.9. The topological polar surface area (TPSA) is 32.3 Å². The predicted octanol–water partition coefficient (Wildman–Crippen LogP) is 3.85. The standard InChI is InChI=1S/C16H10BrFN2OS/c17-11-7-5-10(6-8-11)9-13-15(21)20(16(22)19-13)14-4-2-1-3-12(14)18/h1-9H,(H,19,22)/b13-9+. The summed E-state index contributed by atoms with van der Waals surface area (Å²) in [7, 11) is 0. The van der Waals surface area contributed by atoms with Gasteiger partial charge in [0.15, 0.2) is 5.11 Å². The van der Waals surface area contributed by atoms with Gasteiger partial charge in [0.2, 0.25) is 0 Å². The highest BCUT2D eigenvalue weighted by atomic mass is 79.9. The molecule has 6 heteroatoms. The van der Waals surface area contributed by atoms with Gasteiger partial charge in [-0.3, -0.25) is 4.79 Å². The SMILES string of the molecule is O=C1/C(=C\c2ccc(Br)cc2)NC(=S)N1c1ccccc1F. The van der Waals surface area contributed by atoms with Crippen LogP contribution in [0.2, 0.25) is 0 Å². The fraction of sp³-hybridized carbons (Fsp3) is 0. The van der Waals surface area contributed by atoms with Crippen LogP contribution >= 0.6 is 28.1 Å². The summed E-state index contributed by atoms with van der Waals surface area (Å²) in [5.41, 5.74) is 1.30. The number of carbonyl (C=O) groups is 1. The molecule has 0 radical (unpaired) electrons. The molecule has 0 aliphatic carbocycles. The fourth-order valence-corrected chi connectivity index (χ4v) is 2.67. The Morgan fingerprint density at radius 2 is 1.82 bits per heavy atom. The number of nitrogens with zero attached hydrogens (tertiary/aromatic N) is 1. The molecule has 22 heavy (non-hydrogen) atoms.